The first-order chi connectivity index (χ1) is 21.9. The minimum absolute atomic E-state index is 0. The van der Waals surface area contributed by atoms with E-state index in [9.17, 15) is 0 Å². The smallest absolute Gasteiger partial charge is 1.00 e. The van der Waals surface area contributed by atoms with Crippen LogP contribution in [0.15, 0.2) is 93.8 Å². The first-order valence-electron chi connectivity index (χ1n) is 16.8. The summed E-state index contributed by atoms with van der Waals surface area (Å²) in [5.74, 6) is 0.462. The third-order valence-corrected chi connectivity index (χ3v) is 19.2. The molecule has 6 rings (SSSR count). The molecule has 250 valence electrons. The summed E-state index contributed by atoms with van der Waals surface area (Å²) >= 11 is 10.1. The minimum atomic E-state index is -2.95. The molecular formula is C43H46Cl4Zr. The van der Waals surface area contributed by atoms with Crippen LogP contribution in [0, 0.1) is 39.0 Å². The summed E-state index contributed by atoms with van der Waals surface area (Å²) in [5.41, 5.74) is 15.6. The molecule has 0 heterocycles. The Kier molecular flexibility index (Phi) is 12.7. The Balaban J connectivity index is 0.00000260. The summed E-state index contributed by atoms with van der Waals surface area (Å²) < 4.78 is 3.61. The van der Waals surface area contributed by atoms with Crippen molar-refractivity contribution < 1.29 is 46.1 Å². The average Bonchev–Trinajstić information content (AvgIpc) is 3.56. The van der Waals surface area contributed by atoms with Gasteiger partial charge in [-0.2, -0.15) is 0 Å². The van der Waals surface area contributed by atoms with Crippen LogP contribution in [0.25, 0.3) is 11.1 Å². The van der Waals surface area contributed by atoms with E-state index in [1.165, 1.54) is 83.7 Å². The molecule has 0 bridgehead atoms. The Labute approximate surface area is 319 Å². The summed E-state index contributed by atoms with van der Waals surface area (Å²) in [6.45, 7) is 18.6. The number of fused-ring (bicyclic) bond motifs is 3. The zero-order chi connectivity index (χ0) is 32.9. The molecular weight excluding hydrogens is 750 g/mol. The molecule has 0 N–H and O–H groups in total. The number of hydrogen-bond acceptors (Lipinski definition) is 0. The maximum absolute atomic E-state index is 6.53. The van der Waals surface area contributed by atoms with Gasteiger partial charge in [0.25, 0.3) is 0 Å². The fourth-order valence-corrected chi connectivity index (χ4v) is 17.1. The standard InChI is InChI=1S/C17H17.C13H8Cl2.C13H21.2ClH.Zr/c1-10-5-14-9-15-6-11(2)13(4)8-17(15)16(14)7-12(10)3;14-12-5-1-10(2-6-12)9-11-3-7-13(15)8-4-11;1-5-6-7-11-8-9-12(10-11)13(2,3)4;;;/h5-9H,1-4H3;1-8H;9-11H,5-7H2,1-4H3;2*1H;/q;;;;;+2/p-2. The van der Waals surface area contributed by atoms with E-state index in [0.717, 1.165) is 10.0 Å². The van der Waals surface area contributed by atoms with Crippen LogP contribution >= 0.6 is 23.2 Å². The van der Waals surface area contributed by atoms with Crippen molar-refractivity contribution in [3.63, 3.8) is 0 Å². The molecule has 0 amide bonds. The first-order valence-corrected chi connectivity index (χ1v) is 21.4. The Hall–Kier alpha value is -1.73. The number of allylic oxidation sites excluding steroid dienone is 4. The fourth-order valence-electron chi connectivity index (χ4n) is 7.30. The predicted molar refractivity (Wildman–Crippen MR) is 197 cm³/mol. The van der Waals surface area contributed by atoms with Crippen LogP contribution < -0.4 is 24.8 Å². The van der Waals surface area contributed by atoms with Gasteiger partial charge < -0.3 is 24.8 Å². The van der Waals surface area contributed by atoms with Gasteiger partial charge in [-0.05, 0) is 0 Å². The summed E-state index contributed by atoms with van der Waals surface area (Å²) in [5, 5.41) is 1.55. The van der Waals surface area contributed by atoms with Crippen LogP contribution in [-0.2, 0) is 21.3 Å². The molecule has 0 saturated carbocycles. The Morgan fingerprint density at radius 2 is 1.12 bits per heavy atom. The molecule has 0 spiro atoms. The van der Waals surface area contributed by atoms with Gasteiger partial charge in [-0.3, -0.25) is 0 Å². The SMILES string of the molecule is CCCCC1C=C(C(C)(C)C)C=[C]1[Zr+2](=[C](c1ccc(Cl)cc1)c1ccc(Cl)cc1)[CH]1c2cc(C)c(C)cc2-c2cc(C)c(C)cc21.[Cl-].[Cl-]. The number of benzene rings is 4. The molecule has 5 heteroatoms. The van der Waals surface area contributed by atoms with Crippen molar-refractivity contribution in [3.8, 4) is 11.1 Å². The van der Waals surface area contributed by atoms with Gasteiger partial charge in [-0.25, -0.2) is 0 Å². The molecule has 1 unspecified atom stereocenters. The van der Waals surface area contributed by atoms with Gasteiger partial charge in [0, 0.05) is 0 Å². The molecule has 4 aromatic rings. The molecule has 0 saturated heterocycles. The van der Waals surface area contributed by atoms with Gasteiger partial charge >= 0.3 is 297 Å². The van der Waals surface area contributed by atoms with Crippen molar-refractivity contribution in [2.75, 3.05) is 0 Å². The van der Waals surface area contributed by atoms with Crippen LogP contribution in [0.4, 0.5) is 0 Å². The van der Waals surface area contributed by atoms with Gasteiger partial charge in [-0.15, -0.1) is 0 Å². The Morgan fingerprint density at radius 1 is 0.688 bits per heavy atom. The molecule has 2 aliphatic rings. The molecule has 1 atom stereocenters. The molecule has 48 heavy (non-hydrogen) atoms. The molecule has 4 aromatic carbocycles. The number of halogens is 4. The summed E-state index contributed by atoms with van der Waals surface area (Å²) in [6, 6.07) is 27.4. The normalized spacial score (nSPS) is 15.0. The Bertz CT molecular complexity index is 1800. The first kappa shape index (κ1) is 39.1. The molecule has 2 aliphatic carbocycles. The van der Waals surface area contributed by atoms with Gasteiger partial charge in [0.1, 0.15) is 0 Å². The van der Waals surface area contributed by atoms with Crippen LogP contribution in [0.5, 0.6) is 0 Å². The zero-order valence-electron chi connectivity index (χ0n) is 29.4. The third kappa shape index (κ3) is 7.62. The predicted octanol–water partition coefficient (Wildman–Crippen LogP) is 6.87. The third-order valence-electron chi connectivity index (χ3n) is 10.2. The molecule has 0 aromatic heterocycles. The van der Waals surface area contributed by atoms with E-state index in [4.69, 9.17) is 23.2 Å². The summed E-state index contributed by atoms with van der Waals surface area (Å²) in [4.78, 5) is 0. The zero-order valence-corrected chi connectivity index (χ0v) is 34.9. The molecule has 0 nitrogen and oxygen atoms in total. The van der Waals surface area contributed by atoms with Crippen molar-refractivity contribution in [2.24, 2.45) is 11.3 Å². The van der Waals surface area contributed by atoms with Crippen molar-refractivity contribution in [1.82, 2.24) is 0 Å². The van der Waals surface area contributed by atoms with Crippen molar-refractivity contribution in [1.29, 1.82) is 0 Å². The maximum Gasteiger partial charge on any atom is -1.00 e. The van der Waals surface area contributed by atoms with Crippen molar-refractivity contribution in [2.45, 2.75) is 78.3 Å². The topological polar surface area (TPSA) is 0 Å². The maximum atomic E-state index is 6.53. The van der Waals surface area contributed by atoms with Gasteiger partial charge in [0.2, 0.25) is 0 Å². The van der Waals surface area contributed by atoms with Crippen molar-refractivity contribution >= 4 is 26.4 Å². The van der Waals surface area contributed by atoms with E-state index >= 15 is 0 Å². The van der Waals surface area contributed by atoms with Gasteiger partial charge in [0.05, 0.1) is 0 Å². The van der Waals surface area contributed by atoms with E-state index in [1.807, 2.05) is 0 Å². The van der Waals surface area contributed by atoms with E-state index in [2.05, 4.69) is 140 Å². The van der Waals surface area contributed by atoms with Crippen molar-refractivity contribution in [3.05, 3.63) is 148 Å². The molecule has 0 radical (unpaired) electrons. The number of unbranched alkanes of at least 4 members (excludes halogenated alkanes) is 1. The number of hydrogen-bond donors (Lipinski definition) is 0. The van der Waals surface area contributed by atoms with E-state index in [-0.39, 0.29) is 30.2 Å². The second-order valence-corrected chi connectivity index (χ2v) is 21.5. The molecule has 0 fully saturated rings. The summed E-state index contributed by atoms with van der Waals surface area (Å²) in [7, 11) is 0. The second kappa shape index (κ2) is 15.7. The second-order valence-electron chi connectivity index (χ2n) is 14.5. The van der Waals surface area contributed by atoms with Gasteiger partial charge in [-0.1, -0.05) is 0 Å². The monoisotopic (exact) mass is 792 g/mol. The summed E-state index contributed by atoms with van der Waals surface area (Å²) in [6.07, 6.45) is 8.95. The van der Waals surface area contributed by atoms with E-state index < -0.39 is 21.3 Å². The molecule has 0 aliphatic heterocycles. The van der Waals surface area contributed by atoms with Crippen LogP contribution in [-0.4, -0.2) is 3.21 Å². The largest absolute Gasteiger partial charge is 1.00 e. The number of rotatable bonds is 7. The van der Waals surface area contributed by atoms with Crippen LogP contribution in [0.3, 0.4) is 0 Å². The Morgan fingerprint density at radius 3 is 1.54 bits per heavy atom. The van der Waals surface area contributed by atoms with E-state index in [1.54, 1.807) is 3.28 Å². The number of aryl methyl sites for hydroxylation is 4. The van der Waals surface area contributed by atoms with Crippen LogP contribution in [0.2, 0.25) is 10.0 Å². The van der Waals surface area contributed by atoms with Crippen LogP contribution in [0.1, 0.15) is 95.1 Å². The minimum Gasteiger partial charge on any atom is -1.00 e. The fraction of sp³-hybridized carbons (Fsp3) is 0.326. The quantitative estimate of drug-likeness (QED) is 0.192. The van der Waals surface area contributed by atoms with Gasteiger partial charge in [0.15, 0.2) is 0 Å². The van der Waals surface area contributed by atoms with E-state index in [0.29, 0.717) is 9.54 Å². The average molecular weight is 796 g/mol.